The van der Waals surface area contributed by atoms with E-state index in [2.05, 4.69) is 15.2 Å². The van der Waals surface area contributed by atoms with Gasteiger partial charge in [-0.1, -0.05) is 0 Å². The standard InChI is InChI=1S/C15H20N4OS/c1-11-7-12(16)3-4-14(11)18-15(20)5-6-19(2)8-13-9-21-10-17-13/h3-4,7,9-10H,5-6,8,16H2,1-2H3,(H,18,20). The fraction of sp³-hybridized carbons (Fsp3) is 0.333. The van der Waals surface area contributed by atoms with E-state index in [4.69, 9.17) is 5.73 Å². The molecular weight excluding hydrogens is 284 g/mol. The summed E-state index contributed by atoms with van der Waals surface area (Å²) in [4.78, 5) is 18.3. The molecule has 6 heteroatoms. The van der Waals surface area contributed by atoms with Crippen LogP contribution in [0.4, 0.5) is 11.4 Å². The third-order valence-electron chi connectivity index (χ3n) is 3.16. The van der Waals surface area contributed by atoms with Gasteiger partial charge in [-0.15, -0.1) is 11.3 Å². The molecule has 0 aliphatic heterocycles. The molecule has 3 N–H and O–H groups in total. The lowest BCUT2D eigenvalue weighted by atomic mass is 10.2. The largest absolute Gasteiger partial charge is 0.399 e. The Hall–Kier alpha value is -1.92. The molecule has 21 heavy (non-hydrogen) atoms. The smallest absolute Gasteiger partial charge is 0.225 e. The number of benzene rings is 1. The van der Waals surface area contributed by atoms with Gasteiger partial charge in [0.2, 0.25) is 5.91 Å². The Morgan fingerprint density at radius 2 is 2.29 bits per heavy atom. The Morgan fingerprint density at radius 3 is 2.95 bits per heavy atom. The minimum absolute atomic E-state index is 0.00741. The van der Waals surface area contributed by atoms with Crippen LogP contribution in [0.2, 0.25) is 0 Å². The molecule has 0 unspecified atom stereocenters. The zero-order valence-corrected chi connectivity index (χ0v) is 13.1. The molecule has 0 saturated heterocycles. The number of aromatic nitrogens is 1. The van der Waals surface area contributed by atoms with Gasteiger partial charge in [-0.2, -0.15) is 0 Å². The molecule has 1 aromatic heterocycles. The van der Waals surface area contributed by atoms with E-state index in [0.29, 0.717) is 18.7 Å². The fourth-order valence-corrected chi connectivity index (χ4v) is 2.55. The first kappa shape index (κ1) is 15.5. The summed E-state index contributed by atoms with van der Waals surface area (Å²) in [6.45, 7) is 3.38. The summed E-state index contributed by atoms with van der Waals surface area (Å²) in [5.74, 6) is 0.00741. The van der Waals surface area contributed by atoms with Gasteiger partial charge in [0, 0.05) is 36.3 Å². The highest BCUT2D eigenvalue weighted by molar-refractivity contribution is 7.07. The van der Waals surface area contributed by atoms with Gasteiger partial charge in [0.15, 0.2) is 0 Å². The normalized spacial score (nSPS) is 10.8. The molecular formula is C15H20N4OS. The second-order valence-electron chi connectivity index (χ2n) is 5.09. The number of carbonyl (C=O) groups is 1. The van der Waals surface area contributed by atoms with Crippen molar-refractivity contribution < 1.29 is 4.79 Å². The van der Waals surface area contributed by atoms with Gasteiger partial charge in [0.1, 0.15) is 0 Å². The summed E-state index contributed by atoms with van der Waals surface area (Å²) in [7, 11) is 1.99. The van der Waals surface area contributed by atoms with Crippen molar-refractivity contribution in [3.8, 4) is 0 Å². The summed E-state index contributed by atoms with van der Waals surface area (Å²) in [6, 6.07) is 5.47. The number of amides is 1. The summed E-state index contributed by atoms with van der Waals surface area (Å²) >= 11 is 1.58. The number of nitrogens with one attached hydrogen (secondary N) is 1. The monoisotopic (exact) mass is 304 g/mol. The van der Waals surface area contributed by atoms with E-state index in [0.717, 1.165) is 23.5 Å². The average molecular weight is 304 g/mol. The predicted octanol–water partition coefficient (Wildman–Crippen LogP) is 2.49. The van der Waals surface area contributed by atoms with Gasteiger partial charge < -0.3 is 16.0 Å². The van der Waals surface area contributed by atoms with Crippen LogP contribution in [0.25, 0.3) is 0 Å². The first-order valence-corrected chi connectivity index (χ1v) is 7.70. The molecule has 0 saturated carbocycles. The van der Waals surface area contributed by atoms with Crippen LogP contribution in [0.5, 0.6) is 0 Å². The number of rotatable bonds is 6. The van der Waals surface area contributed by atoms with Gasteiger partial charge in [0.05, 0.1) is 11.2 Å². The van der Waals surface area contributed by atoms with Crippen LogP contribution in [0, 0.1) is 6.92 Å². The van der Waals surface area contributed by atoms with E-state index in [1.807, 2.05) is 37.0 Å². The van der Waals surface area contributed by atoms with E-state index >= 15 is 0 Å². The summed E-state index contributed by atoms with van der Waals surface area (Å²) in [5.41, 5.74) is 11.0. The van der Waals surface area contributed by atoms with Crippen molar-refractivity contribution in [2.75, 3.05) is 24.6 Å². The molecule has 0 bridgehead atoms. The van der Waals surface area contributed by atoms with Crippen LogP contribution < -0.4 is 11.1 Å². The molecule has 0 aliphatic carbocycles. The average Bonchev–Trinajstić information content (AvgIpc) is 2.92. The Morgan fingerprint density at radius 1 is 1.48 bits per heavy atom. The Balaban J connectivity index is 1.79. The highest BCUT2D eigenvalue weighted by Gasteiger charge is 2.08. The maximum Gasteiger partial charge on any atom is 0.225 e. The van der Waals surface area contributed by atoms with Gasteiger partial charge in [-0.3, -0.25) is 4.79 Å². The van der Waals surface area contributed by atoms with Crippen molar-refractivity contribution in [3.63, 3.8) is 0 Å². The number of aryl methyl sites for hydroxylation is 1. The van der Waals surface area contributed by atoms with Crippen molar-refractivity contribution in [3.05, 3.63) is 40.3 Å². The van der Waals surface area contributed by atoms with Crippen LogP contribution in [0.15, 0.2) is 29.1 Å². The second kappa shape index (κ2) is 7.19. The highest BCUT2D eigenvalue weighted by Crippen LogP contribution is 2.17. The minimum atomic E-state index is 0.00741. The Labute approximate surface area is 128 Å². The number of carbonyl (C=O) groups excluding carboxylic acids is 1. The number of hydrogen-bond acceptors (Lipinski definition) is 5. The summed E-state index contributed by atoms with van der Waals surface area (Å²) < 4.78 is 0. The number of nitrogens with zero attached hydrogens (tertiary/aromatic N) is 2. The van der Waals surface area contributed by atoms with Gasteiger partial charge in [-0.05, 0) is 37.7 Å². The number of anilines is 2. The van der Waals surface area contributed by atoms with Gasteiger partial charge in [-0.25, -0.2) is 4.98 Å². The van der Waals surface area contributed by atoms with Crippen molar-refractivity contribution in [2.24, 2.45) is 0 Å². The quantitative estimate of drug-likeness (QED) is 0.804. The van der Waals surface area contributed by atoms with Crippen LogP contribution in [-0.2, 0) is 11.3 Å². The van der Waals surface area contributed by atoms with Crippen LogP contribution >= 0.6 is 11.3 Å². The molecule has 5 nitrogen and oxygen atoms in total. The minimum Gasteiger partial charge on any atom is -0.399 e. The Kier molecular flexibility index (Phi) is 5.30. The predicted molar refractivity (Wildman–Crippen MR) is 87.3 cm³/mol. The maximum absolute atomic E-state index is 12.0. The van der Waals surface area contributed by atoms with E-state index < -0.39 is 0 Å². The number of nitrogens with two attached hydrogens (primary N) is 1. The SMILES string of the molecule is Cc1cc(N)ccc1NC(=O)CCN(C)Cc1cscn1. The second-order valence-corrected chi connectivity index (χ2v) is 5.81. The molecule has 112 valence electrons. The van der Waals surface area contributed by atoms with Crippen LogP contribution in [0.1, 0.15) is 17.7 Å². The van der Waals surface area contributed by atoms with Gasteiger partial charge >= 0.3 is 0 Å². The molecule has 2 rings (SSSR count). The lowest BCUT2D eigenvalue weighted by Crippen LogP contribution is -2.24. The van der Waals surface area contributed by atoms with E-state index in [1.54, 1.807) is 17.4 Å². The van der Waals surface area contributed by atoms with Crippen LogP contribution in [-0.4, -0.2) is 29.4 Å². The number of hydrogen-bond donors (Lipinski definition) is 2. The van der Waals surface area contributed by atoms with Crippen molar-refractivity contribution in [2.45, 2.75) is 19.9 Å². The van der Waals surface area contributed by atoms with E-state index in [-0.39, 0.29) is 5.91 Å². The molecule has 0 spiro atoms. The molecule has 1 heterocycles. The molecule has 0 radical (unpaired) electrons. The fourth-order valence-electron chi connectivity index (χ4n) is 2.00. The topological polar surface area (TPSA) is 71.2 Å². The molecule has 1 aromatic carbocycles. The summed E-state index contributed by atoms with van der Waals surface area (Å²) in [5, 5.41) is 4.94. The number of nitrogen functional groups attached to an aromatic ring is 1. The summed E-state index contributed by atoms with van der Waals surface area (Å²) in [6.07, 6.45) is 0.449. The lowest BCUT2D eigenvalue weighted by Gasteiger charge is -2.15. The van der Waals surface area contributed by atoms with E-state index in [1.165, 1.54) is 0 Å². The van der Waals surface area contributed by atoms with E-state index in [9.17, 15) is 4.79 Å². The molecule has 0 aliphatic rings. The lowest BCUT2D eigenvalue weighted by molar-refractivity contribution is -0.116. The first-order valence-electron chi connectivity index (χ1n) is 6.76. The first-order chi connectivity index (χ1) is 10.0. The Bertz CT molecular complexity index is 598. The molecule has 0 atom stereocenters. The number of thiazole rings is 1. The van der Waals surface area contributed by atoms with Gasteiger partial charge in [0.25, 0.3) is 0 Å². The maximum atomic E-state index is 12.0. The third kappa shape index (κ3) is 4.84. The molecule has 1 amide bonds. The van der Waals surface area contributed by atoms with Crippen LogP contribution in [0.3, 0.4) is 0 Å². The molecule has 0 fully saturated rings. The van der Waals surface area contributed by atoms with Crippen molar-refractivity contribution in [1.29, 1.82) is 0 Å². The van der Waals surface area contributed by atoms with Crippen molar-refractivity contribution >= 4 is 28.6 Å². The zero-order chi connectivity index (χ0) is 15.2. The molecule has 2 aromatic rings. The zero-order valence-electron chi connectivity index (χ0n) is 12.3. The highest BCUT2D eigenvalue weighted by atomic mass is 32.1. The van der Waals surface area contributed by atoms with Crippen molar-refractivity contribution in [1.82, 2.24) is 9.88 Å². The third-order valence-corrected chi connectivity index (χ3v) is 3.80.